The maximum absolute atomic E-state index is 12.6. The molecule has 1 amide bonds. The minimum absolute atomic E-state index is 0.0496. The normalized spacial score (nSPS) is 21.2. The number of piperidine rings is 1. The number of nitrogens with one attached hydrogen (secondary N) is 1. The van der Waals surface area contributed by atoms with Gasteiger partial charge in [0.15, 0.2) is 0 Å². The first kappa shape index (κ1) is 16.3. The largest absolute Gasteiger partial charge is 0.309 e. The van der Waals surface area contributed by atoms with Crippen molar-refractivity contribution in [3.63, 3.8) is 0 Å². The standard InChI is InChI=1S/C20H26N4O/c1-15-6-5-11-23(13-15)14-20(25)21-19-12-18(16-9-10-16)22-24(19)17-7-3-2-4-8-17/h2-4,7-8,12,15-16H,5-6,9-11,13-14H2,1H3,(H,21,25). The highest BCUT2D eigenvalue weighted by Gasteiger charge is 2.28. The van der Waals surface area contributed by atoms with Crippen molar-refractivity contribution in [2.24, 2.45) is 5.92 Å². The number of hydrogen-bond acceptors (Lipinski definition) is 3. The third-order valence-electron chi connectivity index (χ3n) is 5.10. The molecular weight excluding hydrogens is 312 g/mol. The van der Waals surface area contributed by atoms with E-state index in [1.165, 1.54) is 25.7 Å². The molecule has 0 radical (unpaired) electrons. The molecule has 132 valence electrons. The summed E-state index contributed by atoms with van der Waals surface area (Å²) in [5.74, 6) is 2.07. The molecule has 2 heterocycles. The summed E-state index contributed by atoms with van der Waals surface area (Å²) in [7, 11) is 0. The predicted molar refractivity (Wildman–Crippen MR) is 99.0 cm³/mol. The molecule has 2 aliphatic rings. The number of carbonyl (C=O) groups excluding carboxylic acids is 1. The van der Waals surface area contributed by atoms with Crippen molar-refractivity contribution in [1.82, 2.24) is 14.7 Å². The van der Waals surface area contributed by atoms with Crippen LogP contribution in [0.4, 0.5) is 5.82 Å². The summed E-state index contributed by atoms with van der Waals surface area (Å²) in [5.41, 5.74) is 2.07. The van der Waals surface area contributed by atoms with E-state index < -0.39 is 0 Å². The molecule has 2 fully saturated rings. The summed E-state index contributed by atoms with van der Waals surface area (Å²) in [6.45, 7) is 4.75. The van der Waals surface area contributed by atoms with Gasteiger partial charge in [0.05, 0.1) is 17.9 Å². The zero-order valence-electron chi connectivity index (χ0n) is 14.8. The Morgan fingerprint density at radius 2 is 2.04 bits per heavy atom. The Labute approximate surface area is 149 Å². The van der Waals surface area contributed by atoms with Crippen LogP contribution in [0.2, 0.25) is 0 Å². The predicted octanol–water partition coefficient (Wildman–Crippen LogP) is 3.42. The molecule has 4 rings (SSSR count). The van der Waals surface area contributed by atoms with E-state index in [1.54, 1.807) is 0 Å². The topological polar surface area (TPSA) is 50.2 Å². The fourth-order valence-corrected chi connectivity index (χ4v) is 3.65. The number of para-hydroxylation sites is 1. The summed E-state index contributed by atoms with van der Waals surface area (Å²) in [6, 6.07) is 12.1. The van der Waals surface area contributed by atoms with E-state index in [2.05, 4.69) is 17.1 Å². The van der Waals surface area contributed by atoms with Crippen molar-refractivity contribution >= 4 is 11.7 Å². The Kier molecular flexibility index (Phi) is 4.57. The molecule has 0 bridgehead atoms. The van der Waals surface area contributed by atoms with Gasteiger partial charge < -0.3 is 5.32 Å². The number of hydrogen-bond donors (Lipinski definition) is 1. The molecule has 1 unspecified atom stereocenters. The number of aromatic nitrogens is 2. The third kappa shape index (κ3) is 3.93. The lowest BCUT2D eigenvalue weighted by molar-refractivity contribution is -0.117. The van der Waals surface area contributed by atoms with E-state index in [1.807, 2.05) is 41.1 Å². The van der Waals surface area contributed by atoms with E-state index >= 15 is 0 Å². The molecular formula is C20H26N4O. The summed E-state index contributed by atoms with van der Waals surface area (Å²) in [6.07, 6.45) is 4.85. The Bertz CT molecular complexity index is 735. The number of benzene rings is 1. The molecule has 5 nitrogen and oxygen atoms in total. The molecule has 2 aromatic rings. The van der Waals surface area contributed by atoms with Crippen LogP contribution in [0.5, 0.6) is 0 Å². The van der Waals surface area contributed by atoms with Crippen LogP contribution in [0.15, 0.2) is 36.4 Å². The van der Waals surface area contributed by atoms with Crippen molar-refractivity contribution in [3.05, 3.63) is 42.1 Å². The first-order valence-corrected chi connectivity index (χ1v) is 9.36. The second kappa shape index (κ2) is 7.00. The molecule has 1 aliphatic heterocycles. The van der Waals surface area contributed by atoms with E-state index in [0.717, 1.165) is 30.3 Å². The first-order chi connectivity index (χ1) is 12.2. The molecule has 1 aliphatic carbocycles. The van der Waals surface area contributed by atoms with Crippen molar-refractivity contribution in [3.8, 4) is 5.69 Å². The second-order valence-electron chi connectivity index (χ2n) is 7.51. The summed E-state index contributed by atoms with van der Waals surface area (Å²) in [4.78, 5) is 14.8. The average molecular weight is 338 g/mol. The highest BCUT2D eigenvalue weighted by Crippen LogP contribution is 2.40. The fourth-order valence-electron chi connectivity index (χ4n) is 3.65. The zero-order chi connectivity index (χ0) is 17.2. The molecule has 25 heavy (non-hydrogen) atoms. The van der Waals surface area contributed by atoms with E-state index in [4.69, 9.17) is 5.10 Å². The maximum atomic E-state index is 12.6. The summed E-state index contributed by atoms with van der Waals surface area (Å²) < 4.78 is 1.87. The monoisotopic (exact) mass is 338 g/mol. The van der Waals surface area contributed by atoms with E-state index in [-0.39, 0.29) is 5.91 Å². The molecule has 1 saturated heterocycles. The van der Waals surface area contributed by atoms with Crippen LogP contribution in [-0.2, 0) is 4.79 Å². The van der Waals surface area contributed by atoms with Gasteiger partial charge in [-0.3, -0.25) is 9.69 Å². The number of carbonyl (C=O) groups is 1. The van der Waals surface area contributed by atoms with Crippen LogP contribution < -0.4 is 5.32 Å². The second-order valence-corrected chi connectivity index (χ2v) is 7.51. The van der Waals surface area contributed by atoms with Gasteiger partial charge in [-0.25, -0.2) is 4.68 Å². The van der Waals surface area contributed by atoms with Gasteiger partial charge in [0, 0.05) is 18.5 Å². The van der Waals surface area contributed by atoms with E-state index in [9.17, 15) is 4.79 Å². The Morgan fingerprint density at radius 1 is 1.24 bits per heavy atom. The SMILES string of the molecule is CC1CCCN(CC(=O)Nc2cc(C3CC3)nn2-c2ccccc2)C1. The molecule has 1 aromatic heterocycles. The zero-order valence-corrected chi connectivity index (χ0v) is 14.8. The molecule has 1 atom stereocenters. The molecule has 0 spiro atoms. The number of rotatable bonds is 5. The highest BCUT2D eigenvalue weighted by atomic mass is 16.2. The Morgan fingerprint density at radius 3 is 2.76 bits per heavy atom. The first-order valence-electron chi connectivity index (χ1n) is 9.36. The number of nitrogens with zero attached hydrogens (tertiary/aromatic N) is 3. The van der Waals surface area contributed by atoms with Crippen LogP contribution in [-0.4, -0.2) is 40.2 Å². The van der Waals surface area contributed by atoms with Crippen LogP contribution >= 0.6 is 0 Å². The van der Waals surface area contributed by atoms with Gasteiger partial charge in [-0.1, -0.05) is 25.1 Å². The van der Waals surface area contributed by atoms with Crippen LogP contribution in [0.25, 0.3) is 5.69 Å². The van der Waals surface area contributed by atoms with E-state index in [0.29, 0.717) is 18.4 Å². The van der Waals surface area contributed by atoms with Gasteiger partial charge in [-0.2, -0.15) is 5.10 Å². The van der Waals surface area contributed by atoms with Gasteiger partial charge >= 0.3 is 0 Å². The van der Waals surface area contributed by atoms with Gasteiger partial charge in [-0.15, -0.1) is 0 Å². The number of anilines is 1. The van der Waals surface area contributed by atoms with Gasteiger partial charge in [0.2, 0.25) is 5.91 Å². The maximum Gasteiger partial charge on any atom is 0.239 e. The third-order valence-corrected chi connectivity index (χ3v) is 5.10. The number of likely N-dealkylation sites (tertiary alicyclic amines) is 1. The van der Waals surface area contributed by atoms with Gasteiger partial charge in [0.1, 0.15) is 5.82 Å². The van der Waals surface area contributed by atoms with Crippen LogP contribution in [0.3, 0.4) is 0 Å². The van der Waals surface area contributed by atoms with Crippen LogP contribution in [0, 0.1) is 5.92 Å². The smallest absolute Gasteiger partial charge is 0.239 e. The lowest BCUT2D eigenvalue weighted by Crippen LogP contribution is -2.39. The van der Waals surface area contributed by atoms with Crippen molar-refractivity contribution in [1.29, 1.82) is 0 Å². The number of amides is 1. The lowest BCUT2D eigenvalue weighted by atomic mass is 10.0. The van der Waals surface area contributed by atoms with Gasteiger partial charge in [0.25, 0.3) is 0 Å². The molecule has 1 aromatic carbocycles. The van der Waals surface area contributed by atoms with Crippen LogP contribution in [0.1, 0.15) is 44.2 Å². The minimum Gasteiger partial charge on any atom is -0.309 e. The fraction of sp³-hybridized carbons (Fsp3) is 0.500. The molecule has 1 N–H and O–H groups in total. The van der Waals surface area contributed by atoms with Gasteiger partial charge in [-0.05, 0) is 50.3 Å². The van der Waals surface area contributed by atoms with Crippen molar-refractivity contribution < 1.29 is 4.79 Å². The molecule has 1 saturated carbocycles. The Balaban J connectivity index is 1.50. The summed E-state index contributed by atoms with van der Waals surface area (Å²) in [5, 5.41) is 7.84. The average Bonchev–Trinajstić information content (AvgIpc) is 3.37. The Hall–Kier alpha value is -2.14. The summed E-state index contributed by atoms with van der Waals surface area (Å²) >= 11 is 0. The quantitative estimate of drug-likeness (QED) is 0.909. The highest BCUT2D eigenvalue weighted by molar-refractivity contribution is 5.91. The van der Waals surface area contributed by atoms with Crippen molar-refractivity contribution in [2.45, 2.75) is 38.5 Å². The molecule has 5 heteroatoms. The van der Waals surface area contributed by atoms with Crippen molar-refractivity contribution in [2.75, 3.05) is 25.0 Å². The lowest BCUT2D eigenvalue weighted by Gasteiger charge is -2.30. The minimum atomic E-state index is 0.0496.